The molecule has 0 saturated heterocycles. The average Bonchev–Trinajstić information content (AvgIpc) is 3.09. The molecule has 0 fully saturated rings. The zero-order valence-electron chi connectivity index (χ0n) is 32.3. The Balaban J connectivity index is 3.50. The van der Waals surface area contributed by atoms with Crippen molar-refractivity contribution in [2.24, 2.45) is 0 Å². The molecule has 284 valence electrons. The van der Waals surface area contributed by atoms with Crippen LogP contribution in [-0.2, 0) is 19.1 Å². The molecule has 5 heteroatoms. The van der Waals surface area contributed by atoms with E-state index in [0.29, 0.717) is 12.8 Å². The Bertz CT molecular complexity index is 691. The Morgan fingerprint density at radius 3 is 1.12 bits per heavy atom. The van der Waals surface area contributed by atoms with E-state index in [1.807, 2.05) is 0 Å². The van der Waals surface area contributed by atoms with Crippen LogP contribution in [-0.4, -0.2) is 36.4 Å². The van der Waals surface area contributed by atoms with Crippen molar-refractivity contribution in [3.63, 3.8) is 0 Å². The van der Waals surface area contributed by atoms with Crippen molar-refractivity contribution >= 4 is 11.9 Å². The highest BCUT2D eigenvalue weighted by molar-refractivity contribution is 5.70. The van der Waals surface area contributed by atoms with Crippen molar-refractivity contribution in [2.75, 3.05) is 13.2 Å². The second-order valence-corrected chi connectivity index (χ2v) is 14.4. The highest BCUT2D eigenvalue weighted by Gasteiger charge is 2.16. The number of aliphatic hydroxyl groups is 1. The van der Waals surface area contributed by atoms with Gasteiger partial charge in [0.2, 0.25) is 0 Å². The molecule has 0 aliphatic carbocycles. The lowest BCUT2D eigenvalue weighted by Gasteiger charge is -2.15. The molecule has 0 saturated carbocycles. The molecular weight excluding hydrogens is 596 g/mol. The first kappa shape index (κ1) is 46.6. The lowest BCUT2D eigenvalue weighted by molar-refractivity contribution is -0.161. The summed E-state index contributed by atoms with van der Waals surface area (Å²) >= 11 is 0. The van der Waals surface area contributed by atoms with Crippen LogP contribution in [0.4, 0.5) is 0 Å². The minimum atomic E-state index is -0.767. The molecular formula is C43H82O5. The van der Waals surface area contributed by atoms with Gasteiger partial charge in [-0.3, -0.25) is 9.59 Å². The van der Waals surface area contributed by atoms with Gasteiger partial charge in [-0.2, -0.15) is 0 Å². The van der Waals surface area contributed by atoms with Gasteiger partial charge in [0, 0.05) is 12.8 Å². The fraction of sp³-hybridized carbons (Fsp3) is 0.907. The normalized spacial score (nSPS) is 12.1. The zero-order valence-corrected chi connectivity index (χ0v) is 32.3. The molecule has 0 heterocycles. The van der Waals surface area contributed by atoms with Crippen molar-refractivity contribution < 1.29 is 24.2 Å². The molecule has 0 bridgehead atoms. The van der Waals surface area contributed by atoms with Gasteiger partial charge in [0.1, 0.15) is 6.61 Å². The van der Waals surface area contributed by atoms with Crippen LogP contribution < -0.4 is 0 Å². The number of hydrogen-bond acceptors (Lipinski definition) is 5. The zero-order chi connectivity index (χ0) is 35.0. The SMILES string of the molecule is CCCCCCCCC=CCCCCCCCCCC(=O)O[C@@H](CO)COC(=O)CCCCCCCCCCCCCCCCCCC. The van der Waals surface area contributed by atoms with Gasteiger partial charge in [-0.1, -0.05) is 193 Å². The Labute approximate surface area is 299 Å². The summed E-state index contributed by atoms with van der Waals surface area (Å²) in [4.78, 5) is 24.3. The molecule has 0 aliphatic heterocycles. The van der Waals surface area contributed by atoms with Gasteiger partial charge in [-0.05, 0) is 38.5 Å². The largest absolute Gasteiger partial charge is 0.462 e. The molecule has 0 radical (unpaired) electrons. The highest BCUT2D eigenvalue weighted by atomic mass is 16.6. The maximum absolute atomic E-state index is 12.2. The number of aliphatic hydroxyl groups excluding tert-OH is 1. The van der Waals surface area contributed by atoms with Crippen LogP contribution in [0.25, 0.3) is 0 Å². The third-order valence-electron chi connectivity index (χ3n) is 9.56. The van der Waals surface area contributed by atoms with Gasteiger partial charge in [-0.25, -0.2) is 0 Å². The van der Waals surface area contributed by atoms with Crippen LogP contribution in [0.15, 0.2) is 12.2 Å². The second-order valence-electron chi connectivity index (χ2n) is 14.4. The first-order valence-electron chi connectivity index (χ1n) is 21.2. The standard InChI is InChI=1S/C43H82O5/c1-3-5-7-9-11-13-15-17-19-21-23-25-27-29-31-33-35-37-42(45)47-40-41(39-44)48-43(46)38-36-34-32-30-28-26-24-22-20-18-16-14-12-10-8-6-4-2/h18,20,41,44H,3-17,19,21-40H2,1-2H3/t41-/m0/s1. The van der Waals surface area contributed by atoms with Gasteiger partial charge in [0.15, 0.2) is 6.10 Å². The Kier molecular flexibility index (Phi) is 38.9. The monoisotopic (exact) mass is 679 g/mol. The fourth-order valence-electron chi connectivity index (χ4n) is 6.31. The molecule has 1 N–H and O–H groups in total. The molecule has 0 aromatic rings. The average molecular weight is 679 g/mol. The third kappa shape index (κ3) is 37.5. The van der Waals surface area contributed by atoms with Crippen molar-refractivity contribution in [1.82, 2.24) is 0 Å². The van der Waals surface area contributed by atoms with Gasteiger partial charge in [0.25, 0.3) is 0 Å². The van der Waals surface area contributed by atoms with Crippen LogP contribution in [0.5, 0.6) is 0 Å². The van der Waals surface area contributed by atoms with Crippen molar-refractivity contribution in [2.45, 2.75) is 238 Å². The minimum absolute atomic E-state index is 0.0612. The quantitative estimate of drug-likeness (QED) is 0.0398. The highest BCUT2D eigenvalue weighted by Crippen LogP contribution is 2.15. The summed E-state index contributed by atoms with van der Waals surface area (Å²) in [5.41, 5.74) is 0. The van der Waals surface area contributed by atoms with E-state index in [2.05, 4.69) is 26.0 Å². The number of unbranched alkanes of at least 4 members (excludes halogenated alkanes) is 29. The van der Waals surface area contributed by atoms with Crippen molar-refractivity contribution in [3.05, 3.63) is 12.2 Å². The number of ether oxygens (including phenoxy) is 2. The number of esters is 2. The number of hydrogen-bond donors (Lipinski definition) is 1. The number of rotatable bonds is 39. The van der Waals surface area contributed by atoms with Crippen LogP contribution in [0, 0.1) is 0 Å². The fourth-order valence-corrected chi connectivity index (χ4v) is 6.31. The molecule has 0 unspecified atom stereocenters. The topological polar surface area (TPSA) is 72.8 Å². The Hall–Kier alpha value is -1.36. The van der Waals surface area contributed by atoms with E-state index in [1.54, 1.807) is 0 Å². The molecule has 0 amide bonds. The van der Waals surface area contributed by atoms with E-state index in [4.69, 9.17) is 9.47 Å². The predicted octanol–water partition coefficient (Wildman–Crippen LogP) is 13.3. The van der Waals surface area contributed by atoms with Crippen LogP contribution in [0.2, 0.25) is 0 Å². The summed E-state index contributed by atoms with van der Waals surface area (Å²) in [7, 11) is 0. The third-order valence-corrected chi connectivity index (χ3v) is 9.56. The maximum Gasteiger partial charge on any atom is 0.306 e. The van der Waals surface area contributed by atoms with Crippen LogP contribution >= 0.6 is 0 Å². The van der Waals surface area contributed by atoms with Gasteiger partial charge in [0.05, 0.1) is 6.61 Å². The number of carbonyl (C=O) groups excluding carboxylic acids is 2. The molecule has 0 aliphatic rings. The van der Waals surface area contributed by atoms with Crippen LogP contribution in [0.1, 0.15) is 232 Å². The summed E-state index contributed by atoms with van der Waals surface area (Å²) in [6.07, 6.45) is 45.6. The molecule has 0 aromatic heterocycles. The predicted molar refractivity (Wildman–Crippen MR) is 205 cm³/mol. The van der Waals surface area contributed by atoms with E-state index in [9.17, 15) is 14.7 Å². The number of carbonyl (C=O) groups is 2. The number of allylic oxidation sites excluding steroid dienone is 2. The summed E-state index contributed by atoms with van der Waals surface area (Å²) in [6, 6.07) is 0. The minimum Gasteiger partial charge on any atom is -0.462 e. The second kappa shape index (κ2) is 40.1. The summed E-state index contributed by atoms with van der Waals surface area (Å²) in [5.74, 6) is -0.583. The Morgan fingerprint density at radius 1 is 0.458 bits per heavy atom. The lowest BCUT2D eigenvalue weighted by atomic mass is 10.0. The van der Waals surface area contributed by atoms with E-state index < -0.39 is 6.10 Å². The molecule has 0 aromatic carbocycles. The van der Waals surface area contributed by atoms with Crippen molar-refractivity contribution in [3.8, 4) is 0 Å². The summed E-state index contributed by atoms with van der Waals surface area (Å²) in [5, 5.41) is 9.57. The molecule has 0 spiro atoms. The first-order chi connectivity index (χ1) is 23.6. The Morgan fingerprint density at radius 2 is 0.771 bits per heavy atom. The van der Waals surface area contributed by atoms with Gasteiger partial charge in [-0.15, -0.1) is 0 Å². The van der Waals surface area contributed by atoms with Gasteiger partial charge >= 0.3 is 11.9 Å². The summed E-state index contributed by atoms with van der Waals surface area (Å²) < 4.78 is 10.6. The van der Waals surface area contributed by atoms with Gasteiger partial charge < -0.3 is 14.6 Å². The molecule has 48 heavy (non-hydrogen) atoms. The van der Waals surface area contributed by atoms with E-state index in [0.717, 1.165) is 32.1 Å². The smallest absolute Gasteiger partial charge is 0.306 e. The summed E-state index contributed by atoms with van der Waals surface area (Å²) in [6.45, 7) is 4.16. The van der Waals surface area contributed by atoms with Crippen molar-refractivity contribution in [1.29, 1.82) is 0 Å². The van der Waals surface area contributed by atoms with E-state index in [1.165, 1.54) is 173 Å². The molecule has 0 rings (SSSR count). The maximum atomic E-state index is 12.2. The lowest BCUT2D eigenvalue weighted by Crippen LogP contribution is -2.28. The molecule has 1 atom stereocenters. The van der Waals surface area contributed by atoms with E-state index >= 15 is 0 Å². The van der Waals surface area contributed by atoms with E-state index in [-0.39, 0.29) is 25.2 Å². The van der Waals surface area contributed by atoms with Crippen LogP contribution in [0.3, 0.4) is 0 Å². The molecule has 5 nitrogen and oxygen atoms in total. The first-order valence-corrected chi connectivity index (χ1v) is 21.2.